The molecule has 0 radical (unpaired) electrons. The topological polar surface area (TPSA) is 54.2 Å². The largest absolute Gasteiger partial charge is 0.338 e. The van der Waals surface area contributed by atoms with Crippen LogP contribution in [0.4, 0.5) is 4.39 Å². The fourth-order valence-corrected chi connectivity index (χ4v) is 3.18. The summed E-state index contributed by atoms with van der Waals surface area (Å²) in [4.78, 5) is 6.75. The van der Waals surface area contributed by atoms with E-state index in [0.29, 0.717) is 18.3 Å². The second-order valence-electron chi connectivity index (χ2n) is 6.12. The van der Waals surface area contributed by atoms with E-state index in [1.165, 1.54) is 6.07 Å². The molecule has 5 nitrogen and oxygen atoms in total. The Morgan fingerprint density at radius 3 is 2.81 bits per heavy atom. The zero-order chi connectivity index (χ0) is 17.1. The number of piperazine rings is 1. The van der Waals surface area contributed by atoms with Gasteiger partial charge < -0.3 is 9.84 Å². The summed E-state index contributed by atoms with van der Waals surface area (Å²) < 4.78 is 19.0. The van der Waals surface area contributed by atoms with E-state index in [-0.39, 0.29) is 24.3 Å². The summed E-state index contributed by atoms with van der Waals surface area (Å²) in [5, 5.41) is 7.44. The Morgan fingerprint density at radius 1 is 1.15 bits per heavy atom. The summed E-state index contributed by atoms with van der Waals surface area (Å²) in [5.74, 6) is 0.947. The van der Waals surface area contributed by atoms with Gasteiger partial charge in [-0.2, -0.15) is 4.98 Å². The van der Waals surface area contributed by atoms with Gasteiger partial charge in [-0.05, 0) is 17.7 Å². The predicted octanol–water partition coefficient (Wildman–Crippen LogP) is 3.44. The van der Waals surface area contributed by atoms with E-state index in [1.807, 2.05) is 36.4 Å². The molecule has 0 saturated carbocycles. The Hall–Kier alpha value is -2.28. The average Bonchev–Trinajstić information content (AvgIpc) is 3.11. The van der Waals surface area contributed by atoms with Gasteiger partial charge in [-0.15, -0.1) is 12.4 Å². The number of rotatable bonds is 4. The van der Waals surface area contributed by atoms with Crippen molar-refractivity contribution in [3.63, 3.8) is 0 Å². The Kier molecular flexibility index (Phi) is 5.98. The molecule has 0 aliphatic carbocycles. The van der Waals surface area contributed by atoms with Crippen LogP contribution in [-0.2, 0) is 6.54 Å². The first-order valence-electron chi connectivity index (χ1n) is 8.38. The number of hydrogen-bond acceptors (Lipinski definition) is 5. The van der Waals surface area contributed by atoms with Crippen molar-refractivity contribution in [1.29, 1.82) is 0 Å². The first-order chi connectivity index (χ1) is 12.3. The van der Waals surface area contributed by atoms with Gasteiger partial charge in [0.05, 0.1) is 6.54 Å². The van der Waals surface area contributed by atoms with Gasteiger partial charge in [-0.25, -0.2) is 4.39 Å². The molecule has 0 bridgehead atoms. The Balaban J connectivity index is 0.00000196. The maximum Gasteiger partial charge on any atom is 0.241 e. The smallest absolute Gasteiger partial charge is 0.241 e. The second kappa shape index (κ2) is 8.40. The summed E-state index contributed by atoms with van der Waals surface area (Å²) in [7, 11) is 0. The number of nitrogens with zero attached hydrogens (tertiary/aromatic N) is 3. The average molecular weight is 375 g/mol. The maximum absolute atomic E-state index is 13.6. The monoisotopic (exact) mass is 374 g/mol. The van der Waals surface area contributed by atoms with Crippen LogP contribution >= 0.6 is 12.4 Å². The number of halogens is 2. The molecule has 2 aromatic carbocycles. The maximum atomic E-state index is 13.6. The van der Waals surface area contributed by atoms with Crippen LogP contribution in [0.3, 0.4) is 0 Å². The lowest BCUT2D eigenvalue weighted by molar-refractivity contribution is 0.135. The van der Waals surface area contributed by atoms with Crippen molar-refractivity contribution in [2.75, 3.05) is 19.6 Å². The van der Waals surface area contributed by atoms with Crippen molar-refractivity contribution in [2.24, 2.45) is 0 Å². The van der Waals surface area contributed by atoms with Crippen LogP contribution in [0.5, 0.6) is 0 Å². The van der Waals surface area contributed by atoms with Crippen LogP contribution in [0.15, 0.2) is 59.1 Å². The standard InChI is InChI=1S/C19H19FN4O.ClH/c20-16-8-4-7-15(11-16)17-12-21-9-10-24(17)13-18-22-19(23-25-18)14-5-2-1-3-6-14;/h1-8,11,17,21H,9-10,12-13H2;1H. The Labute approximate surface area is 157 Å². The summed E-state index contributed by atoms with van der Waals surface area (Å²) in [6, 6.07) is 16.6. The van der Waals surface area contributed by atoms with Gasteiger partial charge in [0.15, 0.2) is 0 Å². The molecule has 3 aromatic rings. The molecule has 136 valence electrons. The van der Waals surface area contributed by atoms with Crippen LogP contribution in [-0.4, -0.2) is 34.7 Å². The van der Waals surface area contributed by atoms with Crippen molar-refractivity contribution in [2.45, 2.75) is 12.6 Å². The summed E-state index contributed by atoms with van der Waals surface area (Å²) in [6.07, 6.45) is 0. The molecule has 7 heteroatoms. The fourth-order valence-electron chi connectivity index (χ4n) is 3.18. The number of aromatic nitrogens is 2. The molecule has 1 saturated heterocycles. The molecule has 26 heavy (non-hydrogen) atoms. The minimum Gasteiger partial charge on any atom is -0.338 e. The van der Waals surface area contributed by atoms with Crippen LogP contribution < -0.4 is 5.32 Å². The van der Waals surface area contributed by atoms with Crippen molar-refractivity contribution in [3.8, 4) is 11.4 Å². The highest BCUT2D eigenvalue weighted by Crippen LogP contribution is 2.25. The predicted molar refractivity (Wildman–Crippen MR) is 99.4 cm³/mol. The molecule has 2 heterocycles. The van der Waals surface area contributed by atoms with Gasteiger partial charge in [0.2, 0.25) is 11.7 Å². The van der Waals surface area contributed by atoms with Gasteiger partial charge in [-0.3, -0.25) is 4.90 Å². The minimum absolute atomic E-state index is 0. The van der Waals surface area contributed by atoms with E-state index in [4.69, 9.17) is 4.52 Å². The zero-order valence-electron chi connectivity index (χ0n) is 14.1. The zero-order valence-corrected chi connectivity index (χ0v) is 15.0. The van der Waals surface area contributed by atoms with Gasteiger partial charge in [0, 0.05) is 31.2 Å². The lowest BCUT2D eigenvalue weighted by Crippen LogP contribution is -2.45. The highest BCUT2D eigenvalue weighted by atomic mass is 35.5. The first-order valence-corrected chi connectivity index (χ1v) is 8.38. The summed E-state index contributed by atoms with van der Waals surface area (Å²) in [5.41, 5.74) is 1.88. The van der Waals surface area contributed by atoms with Crippen molar-refractivity contribution in [1.82, 2.24) is 20.4 Å². The molecule has 0 spiro atoms. The van der Waals surface area contributed by atoms with E-state index in [2.05, 4.69) is 20.4 Å². The fraction of sp³-hybridized carbons (Fsp3) is 0.263. The Morgan fingerprint density at radius 2 is 2.00 bits per heavy atom. The number of hydrogen-bond donors (Lipinski definition) is 1. The third-order valence-corrected chi connectivity index (χ3v) is 4.43. The highest BCUT2D eigenvalue weighted by molar-refractivity contribution is 5.85. The molecule has 1 N–H and O–H groups in total. The van der Waals surface area contributed by atoms with Crippen molar-refractivity contribution in [3.05, 3.63) is 71.9 Å². The lowest BCUT2D eigenvalue weighted by atomic mass is 10.0. The van der Waals surface area contributed by atoms with E-state index in [0.717, 1.165) is 30.8 Å². The highest BCUT2D eigenvalue weighted by Gasteiger charge is 2.26. The third kappa shape index (κ3) is 4.09. The lowest BCUT2D eigenvalue weighted by Gasteiger charge is -2.35. The van der Waals surface area contributed by atoms with Gasteiger partial charge in [-0.1, -0.05) is 47.6 Å². The summed E-state index contributed by atoms with van der Waals surface area (Å²) >= 11 is 0. The Bertz CT molecular complexity index is 842. The van der Waals surface area contributed by atoms with Crippen LogP contribution in [0, 0.1) is 5.82 Å². The molecular weight excluding hydrogens is 355 g/mol. The number of nitrogens with one attached hydrogen (secondary N) is 1. The molecule has 4 rings (SSSR count). The molecular formula is C19H20ClFN4O. The molecule has 1 aliphatic rings. The quantitative estimate of drug-likeness (QED) is 0.758. The molecule has 1 fully saturated rings. The van der Waals surface area contributed by atoms with Gasteiger partial charge in [0.25, 0.3) is 0 Å². The van der Waals surface area contributed by atoms with Crippen LogP contribution in [0.1, 0.15) is 17.5 Å². The van der Waals surface area contributed by atoms with Crippen molar-refractivity contribution < 1.29 is 8.91 Å². The summed E-state index contributed by atoms with van der Waals surface area (Å²) in [6.45, 7) is 3.03. The molecule has 1 unspecified atom stereocenters. The SMILES string of the molecule is Cl.Fc1cccc(C2CNCCN2Cc2nc(-c3ccccc3)no2)c1. The van der Waals surface area contributed by atoms with Crippen molar-refractivity contribution >= 4 is 12.4 Å². The van der Waals surface area contributed by atoms with E-state index >= 15 is 0 Å². The third-order valence-electron chi connectivity index (χ3n) is 4.43. The molecule has 1 atom stereocenters. The van der Waals surface area contributed by atoms with E-state index < -0.39 is 0 Å². The normalized spacial score (nSPS) is 17.7. The first kappa shape index (κ1) is 18.5. The molecule has 0 amide bonds. The van der Waals surface area contributed by atoms with Gasteiger partial charge in [0.1, 0.15) is 5.82 Å². The molecule has 1 aromatic heterocycles. The van der Waals surface area contributed by atoms with Crippen LogP contribution in [0.25, 0.3) is 11.4 Å². The minimum atomic E-state index is -0.216. The molecule has 1 aliphatic heterocycles. The van der Waals surface area contributed by atoms with Gasteiger partial charge >= 0.3 is 0 Å². The van der Waals surface area contributed by atoms with E-state index in [9.17, 15) is 4.39 Å². The number of benzene rings is 2. The van der Waals surface area contributed by atoms with E-state index in [1.54, 1.807) is 12.1 Å². The second-order valence-corrected chi connectivity index (χ2v) is 6.12. The van der Waals surface area contributed by atoms with Crippen LogP contribution in [0.2, 0.25) is 0 Å².